The third kappa shape index (κ3) is 2.82. The van der Waals surface area contributed by atoms with Crippen molar-refractivity contribution >= 4 is 11.5 Å². The molecule has 0 bridgehead atoms. The molecule has 0 spiro atoms. The predicted molar refractivity (Wildman–Crippen MR) is 64.8 cm³/mol. The zero-order chi connectivity index (χ0) is 12.3. The molecule has 17 heavy (non-hydrogen) atoms. The van der Waals surface area contributed by atoms with Crippen molar-refractivity contribution in [3.05, 3.63) is 24.0 Å². The summed E-state index contributed by atoms with van der Waals surface area (Å²) in [7, 11) is 0. The van der Waals surface area contributed by atoms with Crippen LogP contribution in [0.15, 0.2) is 18.3 Å². The summed E-state index contributed by atoms with van der Waals surface area (Å²) in [5.74, 6) is -0.0217. The van der Waals surface area contributed by atoms with Gasteiger partial charge in [-0.15, -0.1) is 0 Å². The Morgan fingerprint density at radius 2 is 2.35 bits per heavy atom. The number of hydrogen-bond donors (Lipinski definition) is 0. The van der Waals surface area contributed by atoms with E-state index in [2.05, 4.69) is 16.0 Å². The average molecular weight is 229 g/mol. The van der Waals surface area contributed by atoms with Crippen molar-refractivity contribution in [3.8, 4) is 6.07 Å². The van der Waals surface area contributed by atoms with Gasteiger partial charge < -0.3 is 4.90 Å². The van der Waals surface area contributed by atoms with Crippen molar-refractivity contribution in [1.29, 1.82) is 5.26 Å². The minimum absolute atomic E-state index is 0.0217. The summed E-state index contributed by atoms with van der Waals surface area (Å²) in [4.78, 5) is 17.5. The van der Waals surface area contributed by atoms with Crippen molar-refractivity contribution in [2.75, 3.05) is 11.4 Å². The van der Waals surface area contributed by atoms with Gasteiger partial charge in [-0.2, -0.15) is 5.26 Å². The number of nitrogens with zero attached hydrogens (tertiary/aromatic N) is 3. The molecule has 4 heteroatoms. The lowest BCUT2D eigenvalue weighted by Gasteiger charge is -2.23. The highest BCUT2D eigenvalue weighted by Crippen LogP contribution is 2.31. The van der Waals surface area contributed by atoms with Gasteiger partial charge in [-0.1, -0.05) is 0 Å². The van der Waals surface area contributed by atoms with Crippen molar-refractivity contribution in [1.82, 2.24) is 4.98 Å². The molecule has 4 nitrogen and oxygen atoms in total. The fraction of sp³-hybridized carbons (Fsp3) is 0.462. The summed E-state index contributed by atoms with van der Waals surface area (Å²) in [6.07, 6.45) is 4.61. The molecule has 1 aromatic heterocycles. The summed E-state index contributed by atoms with van der Waals surface area (Å²) in [5.41, 5.74) is 1.50. The number of nitriles is 1. The highest BCUT2D eigenvalue weighted by molar-refractivity contribution is 5.92. The van der Waals surface area contributed by atoms with E-state index in [1.54, 1.807) is 12.3 Å². The maximum absolute atomic E-state index is 11.1. The van der Waals surface area contributed by atoms with Gasteiger partial charge in [-0.05, 0) is 25.0 Å². The van der Waals surface area contributed by atoms with Crippen LogP contribution in [0.2, 0.25) is 0 Å². The maximum Gasteiger partial charge on any atom is 0.178 e. The lowest BCUT2D eigenvalue weighted by Crippen LogP contribution is -2.26. The summed E-state index contributed by atoms with van der Waals surface area (Å²) in [6.45, 7) is 2.25. The van der Waals surface area contributed by atoms with Crippen molar-refractivity contribution in [2.45, 2.75) is 32.2 Å². The van der Waals surface area contributed by atoms with Gasteiger partial charge in [-0.3, -0.25) is 9.78 Å². The Morgan fingerprint density at radius 1 is 1.59 bits per heavy atom. The first kappa shape index (κ1) is 11.6. The second kappa shape index (κ2) is 4.96. The molecule has 0 aliphatic heterocycles. The van der Waals surface area contributed by atoms with E-state index in [0.29, 0.717) is 18.2 Å². The predicted octanol–water partition coefficient (Wildman–Crippen LogP) is 2.17. The number of carbonyl (C=O) groups excluding carboxylic acids is 1. The van der Waals surface area contributed by atoms with E-state index >= 15 is 0 Å². The average Bonchev–Trinajstić information content (AvgIpc) is 3.14. The standard InChI is InChI=1S/C13H15N3O/c1-10(17)13-6-5-12(9-15-13)16(8-2-7-14)11-3-4-11/h5-6,9,11H,2-4,8H2,1H3. The van der Waals surface area contributed by atoms with Gasteiger partial charge in [0.2, 0.25) is 0 Å². The second-order valence-electron chi connectivity index (χ2n) is 4.29. The molecule has 0 atom stereocenters. The molecular formula is C13H15N3O. The first-order valence-electron chi connectivity index (χ1n) is 5.83. The molecule has 1 saturated carbocycles. The molecule has 0 N–H and O–H groups in total. The molecule has 0 saturated heterocycles. The van der Waals surface area contributed by atoms with Crippen molar-refractivity contribution in [2.24, 2.45) is 0 Å². The van der Waals surface area contributed by atoms with Crippen LogP contribution in [0.4, 0.5) is 5.69 Å². The molecule has 0 aromatic carbocycles. The first-order valence-corrected chi connectivity index (χ1v) is 5.83. The van der Waals surface area contributed by atoms with Gasteiger partial charge in [0, 0.05) is 19.5 Å². The molecule has 0 radical (unpaired) electrons. The molecule has 1 aromatic rings. The van der Waals surface area contributed by atoms with Crippen molar-refractivity contribution < 1.29 is 4.79 Å². The molecule has 0 unspecified atom stereocenters. The lowest BCUT2D eigenvalue weighted by molar-refractivity contribution is 0.101. The minimum atomic E-state index is -0.0217. The Kier molecular flexibility index (Phi) is 3.38. The smallest absolute Gasteiger partial charge is 0.178 e. The second-order valence-corrected chi connectivity index (χ2v) is 4.29. The van der Waals surface area contributed by atoms with Crippen LogP contribution in [0, 0.1) is 11.3 Å². The number of carbonyl (C=O) groups is 1. The highest BCUT2D eigenvalue weighted by Gasteiger charge is 2.29. The minimum Gasteiger partial charge on any atom is -0.366 e. The molecule has 0 amide bonds. The fourth-order valence-electron chi connectivity index (χ4n) is 1.84. The third-order valence-electron chi connectivity index (χ3n) is 2.89. The van der Waals surface area contributed by atoms with E-state index in [1.807, 2.05) is 6.07 Å². The first-order chi connectivity index (χ1) is 8.22. The molecule has 88 valence electrons. The van der Waals surface area contributed by atoms with Crippen LogP contribution in [0.5, 0.6) is 0 Å². The van der Waals surface area contributed by atoms with Crippen LogP contribution in [-0.4, -0.2) is 23.4 Å². The molecule has 1 fully saturated rings. The molecular weight excluding hydrogens is 214 g/mol. The maximum atomic E-state index is 11.1. The van der Waals surface area contributed by atoms with E-state index in [-0.39, 0.29) is 5.78 Å². The molecule has 2 rings (SSSR count). The summed E-state index contributed by atoms with van der Waals surface area (Å²) in [6, 6.07) is 6.38. The number of hydrogen-bond acceptors (Lipinski definition) is 4. The Hall–Kier alpha value is -1.89. The number of pyridine rings is 1. The molecule has 1 aliphatic carbocycles. The van der Waals surface area contributed by atoms with E-state index in [4.69, 9.17) is 5.26 Å². The van der Waals surface area contributed by atoms with Crippen LogP contribution >= 0.6 is 0 Å². The number of anilines is 1. The van der Waals surface area contributed by atoms with E-state index in [0.717, 1.165) is 12.2 Å². The van der Waals surface area contributed by atoms with Crippen LogP contribution in [0.3, 0.4) is 0 Å². The number of ketones is 1. The number of aromatic nitrogens is 1. The fourth-order valence-corrected chi connectivity index (χ4v) is 1.84. The number of rotatable bonds is 5. The SMILES string of the molecule is CC(=O)c1ccc(N(CCC#N)C2CC2)cn1. The van der Waals surface area contributed by atoms with Gasteiger partial charge >= 0.3 is 0 Å². The Balaban J connectivity index is 2.13. The third-order valence-corrected chi connectivity index (χ3v) is 2.89. The number of Topliss-reactive ketones (excluding diaryl/α,β-unsaturated/α-hetero) is 1. The summed E-state index contributed by atoms with van der Waals surface area (Å²) >= 11 is 0. The normalized spacial score (nSPS) is 14.1. The van der Waals surface area contributed by atoms with Crippen LogP contribution < -0.4 is 4.90 Å². The Labute approximate surface area is 101 Å². The molecule has 1 aliphatic rings. The highest BCUT2D eigenvalue weighted by atomic mass is 16.1. The molecule has 1 heterocycles. The quantitative estimate of drug-likeness (QED) is 0.726. The van der Waals surface area contributed by atoms with Gasteiger partial charge in [0.25, 0.3) is 0 Å². The van der Waals surface area contributed by atoms with E-state index in [9.17, 15) is 4.79 Å². The zero-order valence-corrected chi connectivity index (χ0v) is 9.89. The Morgan fingerprint density at radius 3 is 2.82 bits per heavy atom. The van der Waals surface area contributed by atoms with Gasteiger partial charge in [-0.25, -0.2) is 0 Å². The van der Waals surface area contributed by atoms with Crippen LogP contribution in [0.25, 0.3) is 0 Å². The van der Waals surface area contributed by atoms with E-state index in [1.165, 1.54) is 19.8 Å². The Bertz CT molecular complexity index is 443. The zero-order valence-electron chi connectivity index (χ0n) is 9.89. The monoisotopic (exact) mass is 229 g/mol. The van der Waals surface area contributed by atoms with Gasteiger partial charge in [0.05, 0.1) is 24.4 Å². The van der Waals surface area contributed by atoms with E-state index < -0.39 is 0 Å². The van der Waals surface area contributed by atoms with Gasteiger partial charge in [0.1, 0.15) is 5.69 Å². The summed E-state index contributed by atoms with van der Waals surface area (Å²) < 4.78 is 0. The van der Waals surface area contributed by atoms with Gasteiger partial charge in [0.15, 0.2) is 5.78 Å². The summed E-state index contributed by atoms with van der Waals surface area (Å²) in [5, 5.41) is 8.64. The van der Waals surface area contributed by atoms with Crippen LogP contribution in [0.1, 0.15) is 36.7 Å². The lowest BCUT2D eigenvalue weighted by atomic mass is 10.2. The largest absolute Gasteiger partial charge is 0.366 e. The van der Waals surface area contributed by atoms with Crippen molar-refractivity contribution in [3.63, 3.8) is 0 Å². The topological polar surface area (TPSA) is 57.0 Å². The van der Waals surface area contributed by atoms with Crippen LogP contribution in [-0.2, 0) is 0 Å².